The van der Waals surface area contributed by atoms with Crippen LogP contribution in [-0.2, 0) is 0 Å². The van der Waals surface area contributed by atoms with Crippen LogP contribution in [-0.4, -0.2) is 44.9 Å². The molecule has 3 aromatic rings. The van der Waals surface area contributed by atoms with Gasteiger partial charge >= 0.3 is 12.3 Å². The fourth-order valence-corrected chi connectivity index (χ4v) is 3.38. The largest absolute Gasteiger partial charge is 0.413 e. The van der Waals surface area contributed by atoms with Crippen LogP contribution in [0.1, 0.15) is 24.4 Å². The van der Waals surface area contributed by atoms with Gasteiger partial charge in [-0.3, -0.25) is 4.98 Å². The lowest BCUT2D eigenvalue weighted by atomic mass is 10.1. The molecule has 3 aromatic heterocycles. The molecule has 4 rings (SSSR count). The fraction of sp³-hybridized carbons (Fsp3) is 0.333. The van der Waals surface area contributed by atoms with E-state index in [-0.39, 0.29) is 17.4 Å². The second-order valence-electron chi connectivity index (χ2n) is 6.71. The molecular formula is C18H16F4N6O2. The molecule has 0 aliphatic carbocycles. The predicted molar refractivity (Wildman–Crippen MR) is 96.6 cm³/mol. The van der Waals surface area contributed by atoms with Crippen molar-refractivity contribution in [1.82, 2.24) is 24.9 Å². The van der Waals surface area contributed by atoms with Crippen molar-refractivity contribution in [2.24, 2.45) is 0 Å². The average molecular weight is 424 g/mol. The molecule has 0 spiro atoms. The highest BCUT2D eigenvalue weighted by atomic mass is 19.4. The highest BCUT2D eigenvalue weighted by Crippen LogP contribution is 2.35. The van der Waals surface area contributed by atoms with Gasteiger partial charge in [0.05, 0.1) is 18.4 Å². The van der Waals surface area contributed by atoms with Gasteiger partial charge in [0.15, 0.2) is 5.75 Å². The van der Waals surface area contributed by atoms with Crippen molar-refractivity contribution in [1.29, 1.82) is 0 Å². The fourth-order valence-electron chi connectivity index (χ4n) is 3.38. The van der Waals surface area contributed by atoms with Gasteiger partial charge in [-0.15, -0.1) is 0 Å². The van der Waals surface area contributed by atoms with Gasteiger partial charge in [-0.2, -0.15) is 18.3 Å². The number of hydrogen-bond acceptors (Lipinski definition) is 6. The quantitative estimate of drug-likeness (QED) is 0.648. The average Bonchev–Trinajstić information content (AvgIpc) is 3.33. The lowest BCUT2D eigenvalue weighted by Crippen LogP contribution is -2.35. The van der Waals surface area contributed by atoms with E-state index in [1.165, 1.54) is 16.8 Å². The number of fused-ring (bicyclic) bond motifs is 1. The molecule has 1 N–H and O–H groups in total. The number of alkyl halides is 3. The lowest BCUT2D eigenvalue weighted by molar-refractivity contribution is -0.123. The normalized spacial score (nSPS) is 16.8. The first-order valence-corrected chi connectivity index (χ1v) is 9.04. The van der Waals surface area contributed by atoms with E-state index in [0.717, 1.165) is 19.0 Å². The minimum atomic E-state index is -4.55. The number of aromatic nitrogens is 4. The zero-order valence-electron chi connectivity index (χ0n) is 15.4. The third-order valence-corrected chi connectivity index (χ3v) is 4.62. The van der Waals surface area contributed by atoms with Gasteiger partial charge in [0.25, 0.3) is 0 Å². The first-order chi connectivity index (χ1) is 14.3. The number of anilines is 1. The van der Waals surface area contributed by atoms with Crippen LogP contribution in [0.25, 0.3) is 5.65 Å². The highest BCUT2D eigenvalue weighted by Gasteiger charge is 2.29. The molecule has 158 valence electrons. The summed E-state index contributed by atoms with van der Waals surface area (Å²) in [7, 11) is 0. The molecule has 8 nitrogen and oxygen atoms in total. The van der Waals surface area contributed by atoms with E-state index in [9.17, 15) is 22.4 Å². The van der Waals surface area contributed by atoms with Gasteiger partial charge in [-0.25, -0.2) is 18.7 Å². The zero-order chi connectivity index (χ0) is 21.3. The molecule has 1 amide bonds. The number of carbonyl (C=O) groups excluding carboxylic acids is 1. The Morgan fingerprint density at radius 1 is 1.30 bits per heavy atom. The van der Waals surface area contributed by atoms with Crippen molar-refractivity contribution in [3.8, 4) is 5.75 Å². The van der Waals surface area contributed by atoms with Crippen molar-refractivity contribution >= 4 is 17.6 Å². The number of halogens is 4. The van der Waals surface area contributed by atoms with Gasteiger partial charge in [0.1, 0.15) is 18.2 Å². The minimum Gasteiger partial charge on any atom is -0.405 e. The second-order valence-corrected chi connectivity index (χ2v) is 6.71. The van der Waals surface area contributed by atoms with Crippen LogP contribution < -0.4 is 15.0 Å². The Hall–Kier alpha value is -3.44. The minimum absolute atomic E-state index is 0.0836. The summed E-state index contributed by atoms with van der Waals surface area (Å²) >= 11 is 0. The molecule has 1 atom stereocenters. The van der Waals surface area contributed by atoms with Crippen LogP contribution in [0.4, 0.5) is 28.2 Å². The third-order valence-electron chi connectivity index (χ3n) is 4.62. The highest BCUT2D eigenvalue weighted by molar-refractivity contribution is 5.73. The van der Waals surface area contributed by atoms with E-state index in [4.69, 9.17) is 4.74 Å². The van der Waals surface area contributed by atoms with Gasteiger partial charge in [0, 0.05) is 18.9 Å². The second kappa shape index (κ2) is 7.76. The first-order valence-electron chi connectivity index (χ1n) is 9.04. The topological polar surface area (TPSA) is 84.6 Å². The SMILES string of the molecule is O=C(NCC(F)(F)F)Oc1cnn2ccc(N3CCC[C@@H]3c3cncc(F)c3)nc12. The molecule has 1 saturated heterocycles. The maximum absolute atomic E-state index is 13.6. The summed E-state index contributed by atoms with van der Waals surface area (Å²) in [5.41, 5.74) is 0.878. The third kappa shape index (κ3) is 4.26. The molecule has 1 aliphatic heterocycles. The molecule has 1 aliphatic rings. The van der Waals surface area contributed by atoms with Crippen LogP contribution in [0.15, 0.2) is 36.9 Å². The van der Waals surface area contributed by atoms with Crippen molar-refractivity contribution in [3.63, 3.8) is 0 Å². The molecule has 0 unspecified atom stereocenters. The summed E-state index contributed by atoms with van der Waals surface area (Å²) in [6.45, 7) is -0.846. The first kappa shape index (κ1) is 19.9. The number of hydrogen-bond donors (Lipinski definition) is 1. The Kier molecular flexibility index (Phi) is 5.14. The number of pyridine rings is 1. The summed E-state index contributed by atoms with van der Waals surface area (Å²) < 4.78 is 56.6. The van der Waals surface area contributed by atoms with Crippen LogP contribution in [0, 0.1) is 5.82 Å². The zero-order valence-corrected chi connectivity index (χ0v) is 15.4. The number of rotatable bonds is 4. The van der Waals surface area contributed by atoms with Crippen molar-refractivity contribution in [2.75, 3.05) is 18.0 Å². The van der Waals surface area contributed by atoms with Crippen LogP contribution >= 0.6 is 0 Å². The number of nitrogens with zero attached hydrogens (tertiary/aromatic N) is 5. The Balaban J connectivity index is 1.57. The van der Waals surface area contributed by atoms with Crippen LogP contribution in [0.3, 0.4) is 0 Å². The standard InChI is InChI=1S/C18H16F4N6O2/c19-12-6-11(7-23-8-12)13-2-1-4-27(13)15-3-5-28-16(26-15)14(9-25-28)30-17(29)24-10-18(20,21)22/h3,5-9,13H,1-2,4,10H2,(H,24,29)/t13-/m1/s1. The number of amides is 1. The summed E-state index contributed by atoms with van der Waals surface area (Å²) in [4.78, 5) is 22.0. The number of ether oxygens (including phenoxy) is 1. The summed E-state index contributed by atoms with van der Waals surface area (Å²) in [5, 5.41) is 5.61. The van der Waals surface area contributed by atoms with E-state index in [1.54, 1.807) is 23.8 Å². The van der Waals surface area contributed by atoms with E-state index in [1.807, 2.05) is 4.90 Å². The number of nitrogens with one attached hydrogen (secondary N) is 1. The Morgan fingerprint density at radius 2 is 2.13 bits per heavy atom. The predicted octanol–water partition coefficient (Wildman–Crippen LogP) is 3.26. The maximum Gasteiger partial charge on any atom is 0.413 e. The Labute approximate surface area is 167 Å². The molecule has 4 heterocycles. The molecule has 30 heavy (non-hydrogen) atoms. The van der Waals surface area contributed by atoms with E-state index in [0.29, 0.717) is 17.9 Å². The summed E-state index contributed by atoms with van der Waals surface area (Å²) in [6, 6.07) is 3.00. The van der Waals surface area contributed by atoms with Gasteiger partial charge in [-0.05, 0) is 30.5 Å². The van der Waals surface area contributed by atoms with Crippen molar-refractivity contribution < 1.29 is 27.1 Å². The molecule has 12 heteroatoms. The molecular weight excluding hydrogens is 408 g/mol. The summed E-state index contributed by atoms with van der Waals surface area (Å²) in [6.07, 6.45) is 1.34. The molecule has 0 aromatic carbocycles. The Bertz CT molecular complexity index is 1070. The van der Waals surface area contributed by atoms with Gasteiger partial charge in [0.2, 0.25) is 5.65 Å². The van der Waals surface area contributed by atoms with Crippen molar-refractivity contribution in [3.05, 3.63) is 48.3 Å². The van der Waals surface area contributed by atoms with E-state index in [2.05, 4.69) is 15.1 Å². The number of carbonyl (C=O) groups is 1. The molecule has 0 radical (unpaired) electrons. The van der Waals surface area contributed by atoms with E-state index < -0.39 is 24.6 Å². The summed E-state index contributed by atoms with van der Waals surface area (Å²) in [5.74, 6) is 0.0223. The lowest BCUT2D eigenvalue weighted by Gasteiger charge is -2.26. The van der Waals surface area contributed by atoms with Crippen LogP contribution in [0.5, 0.6) is 5.75 Å². The Morgan fingerprint density at radius 3 is 2.90 bits per heavy atom. The monoisotopic (exact) mass is 424 g/mol. The smallest absolute Gasteiger partial charge is 0.405 e. The maximum atomic E-state index is 13.6. The van der Waals surface area contributed by atoms with Crippen molar-refractivity contribution in [2.45, 2.75) is 25.1 Å². The van der Waals surface area contributed by atoms with Gasteiger partial charge < -0.3 is 15.0 Å². The molecule has 0 bridgehead atoms. The van der Waals surface area contributed by atoms with Gasteiger partial charge in [-0.1, -0.05) is 0 Å². The van der Waals surface area contributed by atoms with Crippen LogP contribution in [0.2, 0.25) is 0 Å². The molecule has 0 saturated carbocycles. The van der Waals surface area contributed by atoms with E-state index >= 15 is 0 Å². The molecule has 1 fully saturated rings.